The highest BCUT2D eigenvalue weighted by atomic mass is 35.5. The van der Waals surface area contributed by atoms with Crippen molar-refractivity contribution in [1.29, 1.82) is 0 Å². The summed E-state index contributed by atoms with van der Waals surface area (Å²) >= 11 is 5.08. The normalized spacial score (nSPS) is 19.3. The van der Waals surface area contributed by atoms with Gasteiger partial charge in [0.1, 0.15) is 0 Å². The molecule has 0 aromatic heterocycles. The molecular formula is C7H10ClNO. The van der Waals surface area contributed by atoms with Gasteiger partial charge in [0.25, 0.3) is 0 Å². The fraction of sp³-hybridized carbons (Fsp3) is 0.571. The minimum atomic E-state index is -0.388. The van der Waals surface area contributed by atoms with Gasteiger partial charge in [0.15, 0.2) is 0 Å². The van der Waals surface area contributed by atoms with Gasteiger partial charge < -0.3 is 0 Å². The van der Waals surface area contributed by atoms with Crippen LogP contribution in [0.4, 0.5) is 0 Å². The summed E-state index contributed by atoms with van der Waals surface area (Å²) in [5.41, 5.74) is 0. The molecule has 0 unspecified atom stereocenters. The smallest absolute Gasteiger partial charge is 0.244 e. The van der Waals surface area contributed by atoms with Crippen LogP contribution in [0.1, 0.15) is 6.42 Å². The highest BCUT2D eigenvalue weighted by molar-refractivity contribution is 6.66. The molecule has 0 aliphatic carbocycles. The number of carbonyl (C=O) groups excluding carboxylic acids is 1. The zero-order valence-corrected chi connectivity index (χ0v) is 6.47. The number of nitrogens with zero attached hydrogens (tertiary/aromatic N) is 1. The summed E-state index contributed by atoms with van der Waals surface area (Å²) in [6, 6.07) is 0. The second kappa shape index (κ2) is 3.74. The van der Waals surface area contributed by atoms with Crippen LogP contribution >= 0.6 is 11.6 Å². The van der Waals surface area contributed by atoms with Gasteiger partial charge in [0.05, 0.1) is 0 Å². The van der Waals surface area contributed by atoms with Gasteiger partial charge in [-0.15, -0.1) is 0 Å². The Morgan fingerprint density at radius 3 is 2.70 bits per heavy atom. The van der Waals surface area contributed by atoms with Crippen molar-refractivity contribution in [2.45, 2.75) is 6.42 Å². The van der Waals surface area contributed by atoms with Gasteiger partial charge >= 0.3 is 0 Å². The second-order valence-electron chi connectivity index (χ2n) is 2.36. The van der Waals surface area contributed by atoms with Crippen molar-refractivity contribution < 1.29 is 4.79 Å². The van der Waals surface area contributed by atoms with E-state index in [0.29, 0.717) is 0 Å². The average molecular weight is 160 g/mol. The fourth-order valence-corrected chi connectivity index (χ4v) is 0.948. The number of hydrogen-bond donors (Lipinski definition) is 0. The molecule has 1 rings (SSSR count). The van der Waals surface area contributed by atoms with Crippen LogP contribution in [0.25, 0.3) is 0 Å². The van der Waals surface area contributed by atoms with Crippen LogP contribution in [-0.2, 0) is 4.79 Å². The van der Waals surface area contributed by atoms with Crippen molar-refractivity contribution >= 4 is 16.8 Å². The van der Waals surface area contributed by atoms with Crippen LogP contribution < -0.4 is 0 Å². The molecule has 0 atom stereocenters. The van der Waals surface area contributed by atoms with Crippen molar-refractivity contribution in [2.75, 3.05) is 19.6 Å². The zero-order chi connectivity index (χ0) is 7.40. The van der Waals surface area contributed by atoms with E-state index in [-0.39, 0.29) is 5.24 Å². The Labute approximate surface area is 65.5 Å². The van der Waals surface area contributed by atoms with Crippen LogP contribution in [0, 0.1) is 0 Å². The Morgan fingerprint density at radius 1 is 1.60 bits per heavy atom. The van der Waals surface area contributed by atoms with E-state index in [1.165, 1.54) is 12.5 Å². The number of rotatable bonds is 3. The van der Waals surface area contributed by atoms with E-state index in [2.05, 4.69) is 4.90 Å². The van der Waals surface area contributed by atoms with Crippen LogP contribution in [0.2, 0.25) is 0 Å². The third-order valence-electron chi connectivity index (χ3n) is 1.56. The lowest BCUT2D eigenvalue weighted by atomic mass is 10.2. The predicted molar refractivity (Wildman–Crippen MR) is 41.1 cm³/mol. The molecule has 3 heteroatoms. The molecule has 0 amide bonds. The molecule has 0 bridgehead atoms. The Hall–Kier alpha value is -0.340. The van der Waals surface area contributed by atoms with Gasteiger partial charge in [-0.1, -0.05) is 6.08 Å². The molecule has 1 heterocycles. The van der Waals surface area contributed by atoms with Gasteiger partial charge in [-0.05, 0) is 37.2 Å². The summed E-state index contributed by atoms with van der Waals surface area (Å²) in [6.07, 6.45) is 4.48. The van der Waals surface area contributed by atoms with Crippen LogP contribution in [0.5, 0.6) is 0 Å². The van der Waals surface area contributed by atoms with Gasteiger partial charge in [-0.2, -0.15) is 0 Å². The van der Waals surface area contributed by atoms with Crippen molar-refractivity contribution in [3.63, 3.8) is 0 Å². The molecule has 0 N–H and O–H groups in total. The summed E-state index contributed by atoms with van der Waals surface area (Å²) in [6.45, 7) is 3.17. The molecule has 0 saturated carbocycles. The Balaban J connectivity index is 2.08. The lowest BCUT2D eigenvalue weighted by Crippen LogP contribution is -2.36. The van der Waals surface area contributed by atoms with Crippen molar-refractivity contribution in [3.05, 3.63) is 12.2 Å². The number of halogens is 1. The van der Waals surface area contributed by atoms with Gasteiger partial charge in [-0.3, -0.25) is 9.69 Å². The number of hydrogen-bond acceptors (Lipinski definition) is 2. The quantitative estimate of drug-likeness (QED) is 0.453. The average Bonchev–Trinajstić information content (AvgIpc) is 1.75. The Kier molecular flexibility index (Phi) is 2.90. The van der Waals surface area contributed by atoms with E-state index in [4.69, 9.17) is 11.6 Å². The van der Waals surface area contributed by atoms with Gasteiger partial charge in [0, 0.05) is 6.54 Å². The van der Waals surface area contributed by atoms with E-state index in [1.54, 1.807) is 6.08 Å². The molecule has 10 heavy (non-hydrogen) atoms. The number of carbonyl (C=O) groups is 1. The fourth-order valence-electron chi connectivity index (χ4n) is 0.859. The van der Waals surface area contributed by atoms with E-state index < -0.39 is 0 Å². The number of allylic oxidation sites excluding steroid dienone is 1. The first-order valence-corrected chi connectivity index (χ1v) is 3.75. The molecule has 0 spiro atoms. The minimum absolute atomic E-state index is 0.388. The van der Waals surface area contributed by atoms with Crippen molar-refractivity contribution in [2.24, 2.45) is 0 Å². The monoisotopic (exact) mass is 159 g/mol. The molecule has 1 aliphatic rings. The van der Waals surface area contributed by atoms with E-state index in [9.17, 15) is 4.79 Å². The Morgan fingerprint density at radius 2 is 2.30 bits per heavy atom. The van der Waals surface area contributed by atoms with E-state index >= 15 is 0 Å². The summed E-state index contributed by atoms with van der Waals surface area (Å²) < 4.78 is 0. The van der Waals surface area contributed by atoms with Crippen LogP contribution in [0.15, 0.2) is 12.2 Å². The largest absolute Gasteiger partial charge is 0.300 e. The summed E-state index contributed by atoms with van der Waals surface area (Å²) in [5.74, 6) is 0. The van der Waals surface area contributed by atoms with Crippen LogP contribution in [0.3, 0.4) is 0 Å². The topological polar surface area (TPSA) is 20.3 Å². The third-order valence-corrected chi connectivity index (χ3v) is 1.69. The highest BCUT2D eigenvalue weighted by Gasteiger charge is 2.10. The third kappa shape index (κ3) is 2.50. The molecule has 1 saturated heterocycles. The SMILES string of the molecule is O=C(Cl)/C=C/CN1CCC1. The molecule has 0 aromatic carbocycles. The van der Waals surface area contributed by atoms with Crippen molar-refractivity contribution in [1.82, 2.24) is 4.90 Å². The molecule has 1 fully saturated rings. The molecule has 56 valence electrons. The lowest BCUT2D eigenvalue weighted by molar-refractivity contribution is -0.107. The van der Waals surface area contributed by atoms with E-state index in [0.717, 1.165) is 19.6 Å². The maximum Gasteiger partial charge on any atom is 0.244 e. The number of likely N-dealkylation sites (tertiary alicyclic amines) is 1. The second-order valence-corrected chi connectivity index (χ2v) is 2.73. The molecule has 1 aliphatic heterocycles. The molecule has 0 radical (unpaired) electrons. The molecule has 2 nitrogen and oxygen atoms in total. The maximum absolute atomic E-state index is 10.2. The first-order valence-electron chi connectivity index (χ1n) is 3.37. The first-order chi connectivity index (χ1) is 4.79. The lowest BCUT2D eigenvalue weighted by Gasteiger charge is -2.29. The minimum Gasteiger partial charge on any atom is -0.300 e. The molecular weight excluding hydrogens is 150 g/mol. The Bertz CT molecular complexity index is 152. The van der Waals surface area contributed by atoms with Gasteiger partial charge in [-0.25, -0.2) is 0 Å². The van der Waals surface area contributed by atoms with Crippen molar-refractivity contribution in [3.8, 4) is 0 Å². The van der Waals surface area contributed by atoms with Gasteiger partial charge in [0.2, 0.25) is 5.24 Å². The highest BCUT2D eigenvalue weighted by Crippen LogP contribution is 2.04. The standard InChI is InChI=1S/C7H10ClNO/c8-7(10)3-1-4-9-5-2-6-9/h1,3H,2,4-6H2/b3-1+. The zero-order valence-electron chi connectivity index (χ0n) is 5.72. The summed E-state index contributed by atoms with van der Waals surface area (Å²) in [4.78, 5) is 12.4. The van der Waals surface area contributed by atoms with Crippen LogP contribution in [-0.4, -0.2) is 29.8 Å². The maximum atomic E-state index is 10.2. The van der Waals surface area contributed by atoms with E-state index in [1.807, 2.05) is 0 Å². The predicted octanol–water partition coefficient (Wildman–Crippen LogP) is 1.01. The summed E-state index contributed by atoms with van der Waals surface area (Å²) in [7, 11) is 0. The molecule has 0 aromatic rings. The summed E-state index contributed by atoms with van der Waals surface area (Å²) in [5, 5.41) is -0.388. The first kappa shape index (κ1) is 7.76.